The van der Waals surface area contributed by atoms with Crippen LogP contribution in [-0.2, 0) is 12.0 Å². The molecule has 2 unspecified atom stereocenters. The SMILES string of the molecule is CC(C)(C)c1csc(CN2CCC3NCCC3C2)n1. The second kappa shape index (κ2) is 5.15. The molecule has 0 radical (unpaired) electrons. The fourth-order valence-corrected chi connectivity index (χ4v) is 4.25. The molecular formula is C15H25N3S. The highest BCUT2D eigenvalue weighted by molar-refractivity contribution is 7.09. The lowest BCUT2D eigenvalue weighted by Gasteiger charge is -2.34. The smallest absolute Gasteiger partial charge is 0.107 e. The summed E-state index contributed by atoms with van der Waals surface area (Å²) in [6, 6.07) is 0.790. The van der Waals surface area contributed by atoms with E-state index >= 15 is 0 Å². The van der Waals surface area contributed by atoms with Gasteiger partial charge in [-0.25, -0.2) is 4.98 Å². The summed E-state index contributed by atoms with van der Waals surface area (Å²) >= 11 is 1.83. The number of likely N-dealkylation sites (tertiary alicyclic amines) is 1. The van der Waals surface area contributed by atoms with E-state index in [0.717, 1.165) is 18.5 Å². The van der Waals surface area contributed by atoms with Crippen LogP contribution >= 0.6 is 11.3 Å². The van der Waals surface area contributed by atoms with Gasteiger partial charge in [0.2, 0.25) is 0 Å². The van der Waals surface area contributed by atoms with Gasteiger partial charge in [-0.05, 0) is 25.3 Å². The van der Waals surface area contributed by atoms with E-state index in [0.29, 0.717) is 0 Å². The minimum Gasteiger partial charge on any atom is -0.314 e. The molecule has 0 aromatic carbocycles. The van der Waals surface area contributed by atoms with Crippen molar-refractivity contribution in [1.29, 1.82) is 0 Å². The van der Waals surface area contributed by atoms with Crippen molar-refractivity contribution in [3.63, 3.8) is 0 Å². The number of nitrogens with one attached hydrogen (secondary N) is 1. The molecule has 0 spiro atoms. The Morgan fingerprint density at radius 2 is 2.26 bits per heavy atom. The molecule has 19 heavy (non-hydrogen) atoms. The second-order valence-electron chi connectivity index (χ2n) is 7.01. The molecule has 2 fully saturated rings. The van der Waals surface area contributed by atoms with Gasteiger partial charge >= 0.3 is 0 Å². The Kier molecular flexibility index (Phi) is 3.67. The third-order valence-corrected chi connectivity index (χ3v) is 5.25. The van der Waals surface area contributed by atoms with Gasteiger partial charge in [-0.1, -0.05) is 20.8 Å². The quantitative estimate of drug-likeness (QED) is 0.902. The Labute approximate surface area is 120 Å². The number of rotatable bonds is 2. The molecule has 1 aromatic rings. The van der Waals surface area contributed by atoms with E-state index in [9.17, 15) is 0 Å². The maximum atomic E-state index is 4.82. The summed E-state index contributed by atoms with van der Waals surface area (Å²) in [5, 5.41) is 7.15. The lowest BCUT2D eigenvalue weighted by atomic mass is 9.93. The highest BCUT2D eigenvalue weighted by Crippen LogP contribution is 2.28. The van der Waals surface area contributed by atoms with Crippen LogP contribution in [0.5, 0.6) is 0 Å². The highest BCUT2D eigenvalue weighted by Gasteiger charge is 2.32. The van der Waals surface area contributed by atoms with Crippen molar-refractivity contribution in [3.05, 3.63) is 16.1 Å². The van der Waals surface area contributed by atoms with E-state index < -0.39 is 0 Å². The number of fused-ring (bicyclic) bond motifs is 1. The van der Waals surface area contributed by atoms with Gasteiger partial charge in [0.05, 0.1) is 12.2 Å². The van der Waals surface area contributed by atoms with Crippen LogP contribution in [0.3, 0.4) is 0 Å². The normalized spacial score (nSPS) is 28.6. The largest absolute Gasteiger partial charge is 0.314 e. The lowest BCUT2D eigenvalue weighted by Crippen LogP contribution is -2.43. The van der Waals surface area contributed by atoms with Gasteiger partial charge in [0.1, 0.15) is 5.01 Å². The molecule has 2 saturated heterocycles. The van der Waals surface area contributed by atoms with Crippen LogP contribution in [0.4, 0.5) is 0 Å². The average molecular weight is 279 g/mol. The number of nitrogens with zero attached hydrogens (tertiary/aromatic N) is 2. The maximum Gasteiger partial charge on any atom is 0.107 e. The topological polar surface area (TPSA) is 28.2 Å². The van der Waals surface area contributed by atoms with Crippen molar-refractivity contribution in [2.24, 2.45) is 5.92 Å². The zero-order chi connectivity index (χ0) is 13.5. The lowest BCUT2D eigenvalue weighted by molar-refractivity contribution is 0.155. The third-order valence-electron chi connectivity index (χ3n) is 4.42. The molecule has 0 aliphatic carbocycles. The highest BCUT2D eigenvalue weighted by atomic mass is 32.1. The monoisotopic (exact) mass is 279 g/mol. The molecule has 0 bridgehead atoms. The van der Waals surface area contributed by atoms with Crippen LogP contribution in [0, 0.1) is 5.92 Å². The summed E-state index contributed by atoms with van der Waals surface area (Å²) in [5.74, 6) is 0.871. The summed E-state index contributed by atoms with van der Waals surface area (Å²) in [6.07, 6.45) is 2.66. The molecule has 106 valence electrons. The molecule has 1 N–H and O–H groups in total. The molecule has 2 aliphatic heterocycles. The first-order valence-electron chi connectivity index (χ1n) is 7.43. The van der Waals surface area contributed by atoms with Crippen LogP contribution in [0.15, 0.2) is 5.38 Å². The van der Waals surface area contributed by atoms with E-state index in [1.54, 1.807) is 0 Å². The van der Waals surface area contributed by atoms with E-state index in [4.69, 9.17) is 4.98 Å². The average Bonchev–Trinajstić information content (AvgIpc) is 2.95. The molecule has 2 aliphatic rings. The predicted molar refractivity (Wildman–Crippen MR) is 80.6 cm³/mol. The van der Waals surface area contributed by atoms with Gasteiger partial charge in [-0.3, -0.25) is 4.90 Å². The van der Waals surface area contributed by atoms with Crippen molar-refractivity contribution < 1.29 is 0 Å². The standard InChI is InChI=1S/C15H25N3S/c1-15(2,3)13-10-19-14(17-13)9-18-7-5-12-11(8-18)4-6-16-12/h10-12,16H,4-9H2,1-3H3. The zero-order valence-electron chi connectivity index (χ0n) is 12.3. The Balaban J connectivity index is 1.61. The number of aromatic nitrogens is 1. The summed E-state index contributed by atoms with van der Waals surface area (Å²) in [6.45, 7) is 11.4. The number of hydrogen-bond donors (Lipinski definition) is 1. The summed E-state index contributed by atoms with van der Waals surface area (Å²) in [5.41, 5.74) is 1.42. The first kappa shape index (κ1) is 13.5. The number of hydrogen-bond acceptors (Lipinski definition) is 4. The van der Waals surface area contributed by atoms with E-state index in [2.05, 4.69) is 36.4 Å². The molecule has 4 heteroatoms. The van der Waals surface area contributed by atoms with Gasteiger partial charge in [-0.2, -0.15) is 0 Å². The van der Waals surface area contributed by atoms with Gasteiger partial charge in [0.15, 0.2) is 0 Å². The van der Waals surface area contributed by atoms with Crippen molar-refractivity contribution >= 4 is 11.3 Å². The van der Waals surface area contributed by atoms with E-state index in [-0.39, 0.29) is 5.41 Å². The van der Waals surface area contributed by atoms with E-state index in [1.165, 1.54) is 43.2 Å². The first-order chi connectivity index (χ1) is 9.02. The molecule has 2 atom stereocenters. The molecule has 0 amide bonds. The van der Waals surface area contributed by atoms with Crippen LogP contribution < -0.4 is 5.32 Å². The predicted octanol–water partition coefficient (Wildman–Crippen LogP) is 2.62. The van der Waals surface area contributed by atoms with Gasteiger partial charge in [0, 0.05) is 29.9 Å². The summed E-state index contributed by atoms with van der Waals surface area (Å²) in [7, 11) is 0. The van der Waals surface area contributed by atoms with E-state index in [1.807, 2.05) is 11.3 Å². The minimum atomic E-state index is 0.178. The Morgan fingerprint density at radius 1 is 1.42 bits per heavy atom. The van der Waals surface area contributed by atoms with Gasteiger partial charge < -0.3 is 5.32 Å². The minimum absolute atomic E-state index is 0.178. The fraction of sp³-hybridized carbons (Fsp3) is 0.800. The Bertz CT molecular complexity index is 435. The first-order valence-corrected chi connectivity index (χ1v) is 8.31. The number of thiazole rings is 1. The third kappa shape index (κ3) is 3.01. The Morgan fingerprint density at radius 3 is 3.00 bits per heavy atom. The van der Waals surface area contributed by atoms with Crippen molar-refractivity contribution in [2.75, 3.05) is 19.6 Å². The summed E-state index contributed by atoms with van der Waals surface area (Å²) < 4.78 is 0. The summed E-state index contributed by atoms with van der Waals surface area (Å²) in [4.78, 5) is 7.42. The van der Waals surface area contributed by atoms with Crippen LogP contribution in [0.25, 0.3) is 0 Å². The second-order valence-corrected chi connectivity index (χ2v) is 7.95. The van der Waals surface area contributed by atoms with Crippen molar-refractivity contribution in [3.8, 4) is 0 Å². The molecule has 1 aromatic heterocycles. The number of piperidine rings is 1. The Hall–Kier alpha value is -0.450. The van der Waals surface area contributed by atoms with Crippen molar-refractivity contribution in [1.82, 2.24) is 15.2 Å². The fourth-order valence-electron chi connectivity index (χ4n) is 3.19. The van der Waals surface area contributed by atoms with Crippen LogP contribution in [0.1, 0.15) is 44.3 Å². The zero-order valence-corrected chi connectivity index (χ0v) is 13.1. The molecule has 3 rings (SSSR count). The van der Waals surface area contributed by atoms with Gasteiger partial charge in [-0.15, -0.1) is 11.3 Å². The maximum absolute atomic E-state index is 4.82. The molecule has 0 saturated carbocycles. The van der Waals surface area contributed by atoms with Crippen LogP contribution in [-0.4, -0.2) is 35.6 Å². The van der Waals surface area contributed by atoms with Crippen LogP contribution in [0.2, 0.25) is 0 Å². The molecule has 3 heterocycles. The van der Waals surface area contributed by atoms with Gasteiger partial charge in [0.25, 0.3) is 0 Å². The molecule has 3 nitrogen and oxygen atoms in total. The van der Waals surface area contributed by atoms with Crippen molar-refractivity contribution in [2.45, 2.75) is 51.6 Å². The molecular weight excluding hydrogens is 254 g/mol.